The molecule has 0 spiro atoms. The van der Waals surface area contributed by atoms with Crippen molar-refractivity contribution in [2.24, 2.45) is 5.73 Å². The van der Waals surface area contributed by atoms with E-state index in [2.05, 4.69) is 18.2 Å². The maximum Gasteiger partial charge on any atom is 0.0953 e. The Kier molecular flexibility index (Phi) is 2.32. The molecule has 2 heteroatoms. The summed E-state index contributed by atoms with van der Waals surface area (Å²) in [4.78, 5) is 0. The van der Waals surface area contributed by atoms with Crippen molar-refractivity contribution in [2.45, 2.75) is 18.9 Å². The number of allylic oxidation sites excluding steroid dienone is 3. The Morgan fingerprint density at radius 1 is 1.46 bits per heavy atom. The maximum atomic E-state index is 6.05. The summed E-state index contributed by atoms with van der Waals surface area (Å²) < 4.78 is 5.00. The third kappa shape index (κ3) is 1.73. The van der Waals surface area contributed by atoms with Crippen LogP contribution in [0.4, 0.5) is 0 Å². The van der Waals surface area contributed by atoms with Gasteiger partial charge in [0.2, 0.25) is 0 Å². The zero-order valence-electron chi connectivity index (χ0n) is 7.44. The molecule has 1 aromatic rings. The molecule has 0 aromatic carbocycles. The molecule has 68 valence electrons. The van der Waals surface area contributed by atoms with Crippen molar-refractivity contribution in [3.05, 3.63) is 48.0 Å². The number of hydrogen-bond donors (Lipinski definition) is 1. The Labute approximate surface area is 77.7 Å². The van der Waals surface area contributed by atoms with E-state index in [4.69, 9.17) is 10.2 Å². The summed E-state index contributed by atoms with van der Waals surface area (Å²) in [6.45, 7) is 0. The van der Waals surface area contributed by atoms with Gasteiger partial charge in [-0.05, 0) is 24.5 Å². The van der Waals surface area contributed by atoms with Crippen LogP contribution in [0.25, 0.3) is 0 Å². The van der Waals surface area contributed by atoms with Crippen molar-refractivity contribution in [1.82, 2.24) is 0 Å². The number of nitrogens with two attached hydrogens (primary N) is 1. The summed E-state index contributed by atoms with van der Waals surface area (Å²) >= 11 is 0. The number of rotatable bonds is 2. The van der Waals surface area contributed by atoms with Crippen molar-refractivity contribution in [2.75, 3.05) is 0 Å². The highest BCUT2D eigenvalue weighted by molar-refractivity contribution is 5.29. The van der Waals surface area contributed by atoms with Crippen LogP contribution in [-0.4, -0.2) is 0 Å². The second kappa shape index (κ2) is 3.62. The molecule has 0 saturated heterocycles. The molecule has 2 rings (SSSR count). The maximum absolute atomic E-state index is 6.05. The highest BCUT2D eigenvalue weighted by Crippen LogP contribution is 2.25. The molecule has 0 saturated carbocycles. The zero-order valence-corrected chi connectivity index (χ0v) is 7.44. The van der Waals surface area contributed by atoms with Crippen molar-refractivity contribution in [3.8, 4) is 0 Å². The van der Waals surface area contributed by atoms with Crippen LogP contribution in [0.15, 0.2) is 46.8 Å². The summed E-state index contributed by atoms with van der Waals surface area (Å²) in [5, 5.41) is 0. The SMILES string of the molecule is NC(C1=CC=CCC1)c1ccoc1. The topological polar surface area (TPSA) is 39.2 Å². The smallest absolute Gasteiger partial charge is 0.0953 e. The van der Waals surface area contributed by atoms with Gasteiger partial charge < -0.3 is 10.2 Å². The molecule has 1 aromatic heterocycles. The van der Waals surface area contributed by atoms with Gasteiger partial charge in [-0.1, -0.05) is 18.2 Å². The highest BCUT2D eigenvalue weighted by atomic mass is 16.3. The molecule has 1 aliphatic rings. The predicted molar refractivity (Wildman–Crippen MR) is 52.1 cm³/mol. The van der Waals surface area contributed by atoms with Gasteiger partial charge in [-0.25, -0.2) is 0 Å². The van der Waals surface area contributed by atoms with E-state index in [1.165, 1.54) is 5.57 Å². The van der Waals surface area contributed by atoms with E-state index >= 15 is 0 Å². The molecular formula is C11H13NO. The third-order valence-corrected chi connectivity index (χ3v) is 2.35. The second-order valence-electron chi connectivity index (χ2n) is 3.24. The summed E-state index contributed by atoms with van der Waals surface area (Å²) in [6, 6.07) is 1.92. The molecule has 1 atom stereocenters. The summed E-state index contributed by atoms with van der Waals surface area (Å²) in [5.74, 6) is 0. The minimum absolute atomic E-state index is 0.00343. The quantitative estimate of drug-likeness (QED) is 0.750. The van der Waals surface area contributed by atoms with Gasteiger partial charge in [0.1, 0.15) is 0 Å². The van der Waals surface area contributed by atoms with E-state index in [-0.39, 0.29) is 6.04 Å². The van der Waals surface area contributed by atoms with Crippen LogP contribution in [-0.2, 0) is 0 Å². The molecule has 0 fully saturated rings. The predicted octanol–water partition coefficient (Wildman–Crippen LogP) is 2.56. The standard InChI is InChI=1S/C11H13NO/c12-11(10-6-7-13-8-10)9-4-2-1-3-5-9/h1-2,4,6-8,11H,3,5,12H2. The zero-order chi connectivity index (χ0) is 9.10. The van der Waals surface area contributed by atoms with Gasteiger partial charge in [0, 0.05) is 5.56 Å². The minimum Gasteiger partial charge on any atom is -0.472 e. The fourth-order valence-electron chi connectivity index (χ4n) is 1.55. The lowest BCUT2D eigenvalue weighted by Gasteiger charge is -2.15. The van der Waals surface area contributed by atoms with Crippen LogP contribution in [0, 0.1) is 0 Å². The Hall–Kier alpha value is -1.28. The molecule has 1 unspecified atom stereocenters. The van der Waals surface area contributed by atoms with Crippen LogP contribution in [0.2, 0.25) is 0 Å². The Bertz CT molecular complexity index is 322. The van der Waals surface area contributed by atoms with Crippen LogP contribution in [0.5, 0.6) is 0 Å². The first kappa shape index (κ1) is 8.32. The summed E-state index contributed by atoms with van der Waals surface area (Å²) in [7, 11) is 0. The molecule has 1 heterocycles. The van der Waals surface area contributed by atoms with E-state index in [1.54, 1.807) is 12.5 Å². The van der Waals surface area contributed by atoms with Gasteiger partial charge in [-0.2, -0.15) is 0 Å². The van der Waals surface area contributed by atoms with Gasteiger partial charge in [0.25, 0.3) is 0 Å². The molecular weight excluding hydrogens is 162 g/mol. The monoisotopic (exact) mass is 175 g/mol. The van der Waals surface area contributed by atoms with E-state index in [1.807, 2.05) is 6.07 Å². The van der Waals surface area contributed by atoms with Crippen molar-refractivity contribution in [1.29, 1.82) is 0 Å². The lowest BCUT2D eigenvalue weighted by atomic mass is 9.95. The van der Waals surface area contributed by atoms with E-state index in [0.717, 1.165) is 18.4 Å². The lowest BCUT2D eigenvalue weighted by molar-refractivity contribution is 0.561. The van der Waals surface area contributed by atoms with Gasteiger partial charge >= 0.3 is 0 Å². The first-order chi connectivity index (χ1) is 6.38. The second-order valence-corrected chi connectivity index (χ2v) is 3.24. The molecule has 2 N–H and O–H groups in total. The van der Waals surface area contributed by atoms with Crippen LogP contribution in [0.1, 0.15) is 24.4 Å². The van der Waals surface area contributed by atoms with Crippen molar-refractivity contribution < 1.29 is 4.42 Å². The van der Waals surface area contributed by atoms with Gasteiger partial charge in [-0.15, -0.1) is 0 Å². The van der Waals surface area contributed by atoms with Crippen molar-refractivity contribution >= 4 is 0 Å². The molecule has 0 aliphatic heterocycles. The van der Waals surface area contributed by atoms with Gasteiger partial charge in [-0.3, -0.25) is 0 Å². The Morgan fingerprint density at radius 2 is 2.38 bits per heavy atom. The molecule has 0 amide bonds. The van der Waals surface area contributed by atoms with Crippen LogP contribution < -0.4 is 5.73 Å². The first-order valence-corrected chi connectivity index (χ1v) is 4.51. The lowest BCUT2D eigenvalue weighted by Crippen LogP contribution is -2.13. The van der Waals surface area contributed by atoms with Crippen LogP contribution in [0.3, 0.4) is 0 Å². The molecule has 0 bridgehead atoms. The summed E-state index contributed by atoms with van der Waals surface area (Å²) in [6.07, 6.45) is 11.9. The van der Waals surface area contributed by atoms with E-state index < -0.39 is 0 Å². The number of hydrogen-bond acceptors (Lipinski definition) is 2. The molecule has 1 aliphatic carbocycles. The average Bonchev–Trinajstić information content (AvgIpc) is 2.71. The fourth-order valence-corrected chi connectivity index (χ4v) is 1.55. The largest absolute Gasteiger partial charge is 0.472 e. The molecule has 13 heavy (non-hydrogen) atoms. The molecule has 0 radical (unpaired) electrons. The normalized spacial score (nSPS) is 18.4. The minimum atomic E-state index is 0.00343. The average molecular weight is 175 g/mol. The highest BCUT2D eigenvalue weighted by Gasteiger charge is 2.12. The van der Waals surface area contributed by atoms with Gasteiger partial charge in [0.05, 0.1) is 18.6 Å². The van der Waals surface area contributed by atoms with E-state index in [9.17, 15) is 0 Å². The fraction of sp³-hybridized carbons (Fsp3) is 0.273. The third-order valence-electron chi connectivity index (χ3n) is 2.35. The van der Waals surface area contributed by atoms with Crippen LogP contribution >= 0.6 is 0 Å². The summed E-state index contributed by atoms with van der Waals surface area (Å²) in [5.41, 5.74) is 8.39. The Morgan fingerprint density at radius 3 is 3.00 bits per heavy atom. The Balaban J connectivity index is 2.17. The first-order valence-electron chi connectivity index (χ1n) is 4.51. The van der Waals surface area contributed by atoms with Crippen molar-refractivity contribution in [3.63, 3.8) is 0 Å². The van der Waals surface area contributed by atoms with Gasteiger partial charge in [0.15, 0.2) is 0 Å². The molecule has 2 nitrogen and oxygen atoms in total. The van der Waals surface area contributed by atoms with E-state index in [0.29, 0.717) is 0 Å². The number of furan rings is 1.